The lowest BCUT2D eigenvalue weighted by Crippen LogP contribution is -2.12. The highest BCUT2D eigenvalue weighted by Crippen LogP contribution is 2.32. The Morgan fingerprint density at radius 2 is 2.04 bits per heavy atom. The molecule has 0 spiro atoms. The quantitative estimate of drug-likeness (QED) is 0.243. The van der Waals surface area contributed by atoms with Crippen LogP contribution in [-0.2, 0) is 18.0 Å². The molecule has 0 fully saturated rings. The summed E-state index contributed by atoms with van der Waals surface area (Å²) in [7, 11) is 0. The summed E-state index contributed by atoms with van der Waals surface area (Å²) in [6.07, 6.45) is 5.28. The number of benzene rings is 2. The Bertz CT molecular complexity index is 1140. The molecule has 0 aliphatic rings. The van der Waals surface area contributed by atoms with E-state index >= 15 is 0 Å². The summed E-state index contributed by atoms with van der Waals surface area (Å²) in [5, 5.41) is 9.20. The van der Waals surface area contributed by atoms with Crippen molar-refractivity contribution in [3.8, 4) is 0 Å². The Hall–Kier alpha value is -2.05. The summed E-state index contributed by atoms with van der Waals surface area (Å²) < 4.78 is 3.01. The first kappa shape index (κ1) is 19.3. The second kappa shape index (κ2) is 8.53. The standard InChI is InChI=1S/C20H14Cl3N3OS/c21-14-4-5-15(17(23)8-14)18(9-26-7-6-24-12-26)25-27-10-13-11-28-19-3-1-2-16(22)20(13)19/h1-8,11-12H,9-10H2/b25-18+. The molecule has 4 nitrogen and oxygen atoms in total. The lowest BCUT2D eigenvalue weighted by atomic mass is 10.1. The second-order valence-electron chi connectivity index (χ2n) is 6.04. The Labute approximate surface area is 180 Å². The van der Waals surface area contributed by atoms with Gasteiger partial charge in [-0.15, -0.1) is 11.3 Å². The van der Waals surface area contributed by atoms with Crippen molar-refractivity contribution in [2.24, 2.45) is 5.16 Å². The minimum atomic E-state index is 0.308. The predicted molar refractivity (Wildman–Crippen MR) is 117 cm³/mol. The van der Waals surface area contributed by atoms with Gasteiger partial charge in [-0.05, 0) is 35.7 Å². The third-order valence-corrected chi connectivity index (χ3v) is 6.01. The zero-order chi connectivity index (χ0) is 19.5. The van der Waals surface area contributed by atoms with E-state index in [4.69, 9.17) is 39.6 Å². The van der Waals surface area contributed by atoms with Gasteiger partial charge in [0.05, 0.1) is 17.9 Å². The van der Waals surface area contributed by atoms with Gasteiger partial charge in [-0.3, -0.25) is 0 Å². The van der Waals surface area contributed by atoms with Crippen molar-refractivity contribution in [3.05, 3.63) is 86.7 Å². The van der Waals surface area contributed by atoms with E-state index in [0.717, 1.165) is 21.2 Å². The third kappa shape index (κ3) is 4.18. The molecule has 4 aromatic rings. The van der Waals surface area contributed by atoms with Crippen LogP contribution >= 0.6 is 46.1 Å². The van der Waals surface area contributed by atoms with Gasteiger partial charge in [0.25, 0.3) is 0 Å². The highest BCUT2D eigenvalue weighted by molar-refractivity contribution is 7.17. The molecule has 2 aromatic heterocycles. The van der Waals surface area contributed by atoms with Gasteiger partial charge in [-0.2, -0.15) is 0 Å². The molecular formula is C20H14Cl3N3OS. The summed E-state index contributed by atoms with van der Waals surface area (Å²) >= 11 is 20.4. The van der Waals surface area contributed by atoms with Gasteiger partial charge in [0.2, 0.25) is 0 Å². The fourth-order valence-corrected chi connectivity index (χ4v) is 4.67. The van der Waals surface area contributed by atoms with Gasteiger partial charge >= 0.3 is 0 Å². The number of imidazole rings is 1. The molecule has 0 aliphatic heterocycles. The fraction of sp³-hybridized carbons (Fsp3) is 0.100. The molecule has 4 rings (SSSR count). The maximum absolute atomic E-state index is 6.38. The fourth-order valence-electron chi connectivity index (χ4n) is 2.83. The van der Waals surface area contributed by atoms with Gasteiger partial charge < -0.3 is 9.40 Å². The SMILES string of the molecule is Clc1ccc(/C(Cn2ccnc2)=N/OCc2csc3cccc(Cl)c23)c(Cl)c1. The monoisotopic (exact) mass is 449 g/mol. The molecule has 0 amide bonds. The Kier molecular flexibility index (Phi) is 5.87. The molecule has 0 atom stereocenters. The first-order chi connectivity index (χ1) is 13.6. The number of oxime groups is 1. The molecule has 2 aromatic carbocycles. The van der Waals surface area contributed by atoms with E-state index in [9.17, 15) is 0 Å². The third-order valence-electron chi connectivity index (χ3n) is 4.15. The maximum atomic E-state index is 6.38. The number of thiophene rings is 1. The van der Waals surface area contributed by atoms with Crippen LogP contribution in [0.3, 0.4) is 0 Å². The molecular weight excluding hydrogens is 437 g/mol. The molecule has 0 unspecified atom stereocenters. The average molecular weight is 451 g/mol. The van der Waals surface area contributed by atoms with Crippen molar-refractivity contribution in [1.82, 2.24) is 9.55 Å². The Morgan fingerprint density at radius 1 is 1.14 bits per heavy atom. The van der Waals surface area contributed by atoms with Crippen LogP contribution in [-0.4, -0.2) is 15.3 Å². The van der Waals surface area contributed by atoms with Crippen LogP contribution in [0.25, 0.3) is 10.1 Å². The molecule has 8 heteroatoms. The van der Waals surface area contributed by atoms with Gasteiger partial charge in [0.15, 0.2) is 0 Å². The van der Waals surface area contributed by atoms with Gasteiger partial charge in [0, 0.05) is 43.7 Å². The lowest BCUT2D eigenvalue weighted by molar-refractivity contribution is 0.131. The van der Waals surface area contributed by atoms with Crippen LogP contribution in [0.5, 0.6) is 0 Å². The molecule has 2 heterocycles. The highest BCUT2D eigenvalue weighted by Gasteiger charge is 2.12. The second-order valence-corrected chi connectivity index (χ2v) is 8.21. The van der Waals surface area contributed by atoms with Crippen LogP contribution in [0.1, 0.15) is 11.1 Å². The number of aromatic nitrogens is 2. The summed E-state index contributed by atoms with van der Waals surface area (Å²) in [5.74, 6) is 0. The first-order valence-corrected chi connectivity index (χ1v) is 10.4. The van der Waals surface area contributed by atoms with Crippen molar-refractivity contribution in [2.75, 3.05) is 0 Å². The van der Waals surface area contributed by atoms with Crippen molar-refractivity contribution >= 4 is 61.9 Å². The Morgan fingerprint density at radius 3 is 2.82 bits per heavy atom. The zero-order valence-electron chi connectivity index (χ0n) is 14.5. The predicted octanol–water partition coefficient (Wildman–Crippen LogP) is 6.68. The Balaban J connectivity index is 1.61. The minimum Gasteiger partial charge on any atom is -0.391 e. The average Bonchev–Trinajstić information content (AvgIpc) is 3.32. The van der Waals surface area contributed by atoms with Crippen LogP contribution in [0.2, 0.25) is 15.1 Å². The molecule has 0 N–H and O–H groups in total. The van der Waals surface area contributed by atoms with Crippen molar-refractivity contribution in [3.63, 3.8) is 0 Å². The smallest absolute Gasteiger partial charge is 0.143 e. The molecule has 0 radical (unpaired) electrons. The summed E-state index contributed by atoms with van der Waals surface area (Å²) in [5.41, 5.74) is 2.43. The number of halogens is 3. The summed E-state index contributed by atoms with van der Waals surface area (Å²) in [6, 6.07) is 11.2. The van der Waals surface area contributed by atoms with Crippen molar-refractivity contribution in [2.45, 2.75) is 13.2 Å². The van der Waals surface area contributed by atoms with Gasteiger partial charge in [0.1, 0.15) is 12.3 Å². The van der Waals surface area contributed by atoms with Crippen LogP contribution < -0.4 is 0 Å². The number of hydrogen-bond donors (Lipinski definition) is 0. The van der Waals surface area contributed by atoms with Gasteiger partial charge in [-0.1, -0.05) is 46.0 Å². The number of hydrogen-bond acceptors (Lipinski definition) is 4. The van der Waals surface area contributed by atoms with Gasteiger partial charge in [-0.25, -0.2) is 4.98 Å². The van der Waals surface area contributed by atoms with E-state index < -0.39 is 0 Å². The molecule has 0 bridgehead atoms. The van der Waals surface area contributed by atoms with E-state index in [1.165, 1.54) is 0 Å². The highest BCUT2D eigenvalue weighted by atomic mass is 35.5. The van der Waals surface area contributed by atoms with E-state index in [1.54, 1.807) is 36.0 Å². The molecule has 0 saturated carbocycles. The molecule has 142 valence electrons. The van der Waals surface area contributed by atoms with Crippen LogP contribution in [0.4, 0.5) is 0 Å². The van der Waals surface area contributed by atoms with Crippen LogP contribution in [0, 0.1) is 0 Å². The normalized spacial score (nSPS) is 11.9. The largest absolute Gasteiger partial charge is 0.391 e. The van der Waals surface area contributed by atoms with E-state index in [-0.39, 0.29) is 0 Å². The maximum Gasteiger partial charge on any atom is 0.143 e. The topological polar surface area (TPSA) is 39.4 Å². The number of fused-ring (bicyclic) bond motifs is 1. The molecule has 28 heavy (non-hydrogen) atoms. The van der Waals surface area contributed by atoms with E-state index in [1.807, 2.05) is 40.4 Å². The molecule has 0 aliphatic carbocycles. The zero-order valence-corrected chi connectivity index (χ0v) is 17.6. The number of nitrogens with zero attached hydrogens (tertiary/aromatic N) is 3. The summed E-state index contributed by atoms with van der Waals surface area (Å²) in [4.78, 5) is 9.77. The molecule has 0 saturated heterocycles. The lowest BCUT2D eigenvalue weighted by Gasteiger charge is -2.10. The minimum absolute atomic E-state index is 0.308. The van der Waals surface area contributed by atoms with Crippen LogP contribution in [0.15, 0.2) is 65.7 Å². The van der Waals surface area contributed by atoms with Crippen molar-refractivity contribution < 1.29 is 4.84 Å². The number of rotatable bonds is 6. The first-order valence-electron chi connectivity index (χ1n) is 8.36. The van der Waals surface area contributed by atoms with Crippen molar-refractivity contribution in [1.29, 1.82) is 0 Å². The van der Waals surface area contributed by atoms with E-state index in [2.05, 4.69) is 10.1 Å². The van der Waals surface area contributed by atoms with E-state index in [0.29, 0.717) is 33.9 Å². The summed E-state index contributed by atoms with van der Waals surface area (Å²) in [6.45, 7) is 0.773.